The summed E-state index contributed by atoms with van der Waals surface area (Å²) in [5, 5.41) is 0. The fourth-order valence-electron chi connectivity index (χ4n) is 1.44. The summed E-state index contributed by atoms with van der Waals surface area (Å²) in [4.78, 5) is 9.99. The van der Waals surface area contributed by atoms with Gasteiger partial charge in [-0.1, -0.05) is 19.2 Å². The van der Waals surface area contributed by atoms with Crippen LogP contribution in [0.25, 0.3) is 17.0 Å². The molecule has 2 rings (SSSR count). The van der Waals surface area contributed by atoms with Crippen molar-refractivity contribution in [2.24, 2.45) is 0 Å². The van der Waals surface area contributed by atoms with Gasteiger partial charge in [0.2, 0.25) is 0 Å². The predicted octanol–water partition coefficient (Wildman–Crippen LogP) is 3.69. The van der Waals surface area contributed by atoms with Crippen LogP contribution in [0.3, 0.4) is 0 Å². The van der Waals surface area contributed by atoms with Crippen LogP contribution in [-0.4, -0.2) is 15.0 Å². The first-order valence-corrected chi connectivity index (χ1v) is 5.32. The summed E-state index contributed by atoms with van der Waals surface area (Å²) < 4.78 is 37.3. The first-order chi connectivity index (χ1) is 8.91. The zero-order valence-corrected chi connectivity index (χ0v) is 9.83. The van der Waals surface area contributed by atoms with Crippen LogP contribution in [0.2, 0.25) is 0 Å². The maximum Gasteiger partial charge on any atom is 0.432 e. The van der Waals surface area contributed by atoms with E-state index in [1.165, 1.54) is 6.20 Å². The average Bonchev–Trinajstić information content (AvgIpc) is 2.87. The summed E-state index contributed by atoms with van der Waals surface area (Å²) >= 11 is 0. The van der Waals surface area contributed by atoms with Gasteiger partial charge in [0.15, 0.2) is 0 Å². The maximum atomic E-state index is 12.4. The minimum atomic E-state index is -4.43. The van der Waals surface area contributed by atoms with Crippen LogP contribution in [0.4, 0.5) is 13.2 Å². The number of halogens is 3. The van der Waals surface area contributed by atoms with Gasteiger partial charge in [-0.05, 0) is 17.7 Å². The normalized spacial score (nSPS) is 11.3. The molecule has 0 unspecified atom stereocenters. The number of nitrogens with zero attached hydrogens (tertiary/aromatic N) is 2. The van der Waals surface area contributed by atoms with Crippen molar-refractivity contribution < 1.29 is 13.2 Å². The van der Waals surface area contributed by atoms with Gasteiger partial charge in [-0.25, -0.2) is 4.98 Å². The van der Waals surface area contributed by atoms with Crippen molar-refractivity contribution in [3.05, 3.63) is 55.1 Å². The number of hydrogen-bond acceptors (Lipinski definition) is 2. The fraction of sp³-hybridized carbons (Fsp3) is 0.0769. The zero-order valence-electron chi connectivity index (χ0n) is 9.83. The SMILES string of the molecule is C=CC(=C)c1ccc(-c2ncc(C(F)(F)F)[nH]2)cn1. The molecule has 0 atom stereocenters. The van der Waals surface area contributed by atoms with E-state index in [0.717, 1.165) is 6.20 Å². The number of allylic oxidation sites excluding steroid dienone is 2. The lowest BCUT2D eigenvalue weighted by Gasteiger charge is -2.02. The number of pyridine rings is 1. The van der Waals surface area contributed by atoms with Crippen LogP contribution < -0.4 is 0 Å². The highest BCUT2D eigenvalue weighted by atomic mass is 19.4. The molecule has 2 aromatic heterocycles. The Morgan fingerprint density at radius 1 is 1.21 bits per heavy atom. The molecule has 0 aliphatic carbocycles. The molecule has 0 aliphatic heterocycles. The van der Waals surface area contributed by atoms with Gasteiger partial charge in [-0.3, -0.25) is 4.98 Å². The van der Waals surface area contributed by atoms with Crippen molar-refractivity contribution in [3.8, 4) is 11.4 Å². The standard InChI is InChI=1S/C13H10F3N3/c1-3-8(2)10-5-4-9(6-17-10)12-18-7-11(19-12)13(14,15)16/h3-7H,1-2H2,(H,18,19). The summed E-state index contributed by atoms with van der Waals surface area (Å²) in [6, 6.07) is 3.27. The van der Waals surface area contributed by atoms with Crippen molar-refractivity contribution in [1.29, 1.82) is 0 Å². The molecule has 0 bridgehead atoms. The second-order valence-corrected chi connectivity index (χ2v) is 3.80. The van der Waals surface area contributed by atoms with Crippen molar-refractivity contribution in [3.63, 3.8) is 0 Å². The number of hydrogen-bond donors (Lipinski definition) is 1. The van der Waals surface area contributed by atoms with Crippen LogP contribution in [0.1, 0.15) is 11.4 Å². The molecule has 0 aliphatic rings. The van der Waals surface area contributed by atoms with Crippen LogP contribution in [0.5, 0.6) is 0 Å². The third kappa shape index (κ3) is 2.73. The van der Waals surface area contributed by atoms with E-state index in [2.05, 4.69) is 28.1 Å². The summed E-state index contributed by atoms with van der Waals surface area (Å²) in [5.74, 6) is 0.121. The Balaban J connectivity index is 2.30. The molecule has 6 heteroatoms. The lowest BCUT2D eigenvalue weighted by molar-refractivity contribution is -0.140. The van der Waals surface area contributed by atoms with Crippen molar-refractivity contribution in [1.82, 2.24) is 15.0 Å². The average molecular weight is 265 g/mol. The second-order valence-electron chi connectivity index (χ2n) is 3.80. The highest BCUT2D eigenvalue weighted by molar-refractivity contribution is 5.69. The van der Waals surface area contributed by atoms with Gasteiger partial charge in [-0.2, -0.15) is 13.2 Å². The summed E-state index contributed by atoms with van der Waals surface area (Å²) in [5.41, 5.74) is 0.835. The van der Waals surface area contributed by atoms with E-state index in [9.17, 15) is 13.2 Å². The van der Waals surface area contributed by atoms with Gasteiger partial charge in [0.05, 0.1) is 11.9 Å². The molecular formula is C13H10F3N3. The minimum absolute atomic E-state index is 0.121. The van der Waals surface area contributed by atoms with Crippen molar-refractivity contribution >= 4 is 5.57 Å². The molecule has 0 radical (unpaired) electrons. The number of imidazole rings is 1. The molecule has 1 N–H and O–H groups in total. The predicted molar refractivity (Wildman–Crippen MR) is 66.1 cm³/mol. The Labute approximate surface area is 107 Å². The monoisotopic (exact) mass is 265 g/mol. The fourth-order valence-corrected chi connectivity index (χ4v) is 1.44. The van der Waals surface area contributed by atoms with Gasteiger partial charge >= 0.3 is 6.18 Å². The highest BCUT2D eigenvalue weighted by Crippen LogP contribution is 2.29. The number of aromatic nitrogens is 3. The lowest BCUT2D eigenvalue weighted by Crippen LogP contribution is -2.04. The largest absolute Gasteiger partial charge is 0.432 e. The van der Waals surface area contributed by atoms with Crippen molar-refractivity contribution in [2.45, 2.75) is 6.18 Å². The molecule has 19 heavy (non-hydrogen) atoms. The second kappa shape index (κ2) is 4.72. The molecule has 98 valence electrons. The van der Waals surface area contributed by atoms with E-state index in [1.54, 1.807) is 18.2 Å². The van der Waals surface area contributed by atoms with Crippen LogP contribution in [0, 0.1) is 0 Å². The highest BCUT2D eigenvalue weighted by Gasteiger charge is 2.33. The van der Waals surface area contributed by atoms with Crippen molar-refractivity contribution in [2.75, 3.05) is 0 Å². The van der Waals surface area contributed by atoms with E-state index in [0.29, 0.717) is 16.8 Å². The summed E-state index contributed by atoms with van der Waals surface area (Å²) in [6.45, 7) is 7.29. The topological polar surface area (TPSA) is 41.6 Å². The molecule has 0 saturated heterocycles. The smallest absolute Gasteiger partial charge is 0.334 e. The molecule has 0 spiro atoms. The summed E-state index contributed by atoms with van der Waals surface area (Å²) in [6.07, 6.45) is -0.693. The third-order valence-electron chi connectivity index (χ3n) is 2.49. The molecule has 2 heterocycles. The first-order valence-electron chi connectivity index (χ1n) is 5.32. The molecule has 3 nitrogen and oxygen atoms in total. The van der Waals surface area contributed by atoms with E-state index >= 15 is 0 Å². The quantitative estimate of drug-likeness (QED) is 0.860. The van der Waals surface area contributed by atoms with Gasteiger partial charge in [-0.15, -0.1) is 0 Å². The Hall–Kier alpha value is -2.37. The van der Waals surface area contributed by atoms with Gasteiger partial charge < -0.3 is 4.98 Å². The Bertz CT molecular complexity index is 609. The third-order valence-corrected chi connectivity index (χ3v) is 2.49. The zero-order chi connectivity index (χ0) is 14.0. The van der Waals surface area contributed by atoms with Crippen LogP contribution >= 0.6 is 0 Å². The molecule has 2 aromatic rings. The number of nitrogens with one attached hydrogen (secondary N) is 1. The number of rotatable bonds is 3. The maximum absolute atomic E-state index is 12.4. The Kier molecular flexibility index (Phi) is 3.25. The number of aromatic amines is 1. The lowest BCUT2D eigenvalue weighted by atomic mass is 10.1. The van der Waals surface area contributed by atoms with Gasteiger partial charge in [0, 0.05) is 11.8 Å². The summed E-state index contributed by atoms with van der Waals surface area (Å²) in [7, 11) is 0. The van der Waals surface area contributed by atoms with Crippen LogP contribution in [0.15, 0.2) is 43.8 Å². The number of alkyl halides is 3. The van der Waals surface area contributed by atoms with Crippen LogP contribution in [-0.2, 0) is 6.18 Å². The molecule has 0 saturated carbocycles. The molecular weight excluding hydrogens is 255 g/mol. The molecule has 0 fully saturated rings. The molecule has 0 amide bonds. The first kappa shape index (κ1) is 13.1. The minimum Gasteiger partial charge on any atom is -0.334 e. The van der Waals surface area contributed by atoms with Gasteiger partial charge in [0.25, 0.3) is 0 Å². The van der Waals surface area contributed by atoms with E-state index < -0.39 is 11.9 Å². The van der Waals surface area contributed by atoms with Gasteiger partial charge in [0.1, 0.15) is 11.5 Å². The Morgan fingerprint density at radius 3 is 2.42 bits per heavy atom. The Morgan fingerprint density at radius 2 is 1.95 bits per heavy atom. The van der Waals surface area contributed by atoms with E-state index in [4.69, 9.17) is 0 Å². The number of H-pyrrole nitrogens is 1. The van der Waals surface area contributed by atoms with E-state index in [1.807, 2.05) is 0 Å². The van der Waals surface area contributed by atoms with E-state index in [-0.39, 0.29) is 5.82 Å². The molecule has 0 aromatic carbocycles.